The lowest BCUT2D eigenvalue weighted by Crippen LogP contribution is -2.38. The van der Waals surface area contributed by atoms with Crippen molar-refractivity contribution in [3.8, 4) is 0 Å². The number of aryl methyl sites for hydroxylation is 1. The van der Waals surface area contributed by atoms with Gasteiger partial charge in [-0.05, 0) is 38.5 Å². The van der Waals surface area contributed by atoms with Crippen LogP contribution in [0.15, 0.2) is 6.07 Å². The molecule has 1 saturated heterocycles. The van der Waals surface area contributed by atoms with Gasteiger partial charge in [-0.1, -0.05) is 13.8 Å². The van der Waals surface area contributed by atoms with Gasteiger partial charge in [0.05, 0.1) is 24.5 Å². The van der Waals surface area contributed by atoms with Crippen LogP contribution in [0.1, 0.15) is 44.0 Å². The molecule has 1 atom stereocenters. The normalized spacial score (nSPS) is 18.4. The first-order chi connectivity index (χ1) is 11.0. The van der Waals surface area contributed by atoms with E-state index >= 15 is 0 Å². The van der Waals surface area contributed by atoms with Gasteiger partial charge in [0.2, 0.25) is 5.91 Å². The van der Waals surface area contributed by atoms with E-state index in [1.165, 1.54) is 12.8 Å². The molecule has 2 heterocycles. The first-order valence-corrected chi connectivity index (χ1v) is 8.75. The van der Waals surface area contributed by atoms with E-state index < -0.39 is 0 Å². The van der Waals surface area contributed by atoms with Crippen LogP contribution in [0.2, 0.25) is 0 Å². The third-order valence-electron chi connectivity index (χ3n) is 4.79. The molecule has 6 heteroatoms. The second-order valence-electron chi connectivity index (χ2n) is 6.44. The van der Waals surface area contributed by atoms with Crippen LogP contribution in [0.5, 0.6) is 0 Å². The summed E-state index contributed by atoms with van der Waals surface area (Å²) >= 11 is 0. The third kappa shape index (κ3) is 4.78. The Bertz CT molecular complexity index is 503. The molecule has 1 aliphatic heterocycles. The quantitative estimate of drug-likeness (QED) is 0.819. The molecule has 0 aliphatic carbocycles. The van der Waals surface area contributed by atoms with E-state index in [0.29, 0.717) is 19.0 Å². The Morgan fingerprint density at radius 1 is 1.43 bits per heavy atom. The van der Waals surface area contributed by atoms with Crippen LogP contribution in [0, 0.1) is 0 Å². The SMILES string of the molecule is CCN(CC)CC(=O)N(C)Cc1cc([C@@H]2CCCNC2)nn1C. The summed E-state index contributed by atoms with van der Waals surface area (Å²) in [6.07, 6.45) is 2.40. The zero-order valence-corrected chi connectivity index (χ0v) is 15.0. The van der Waals surface area contributed by atoms with E-state index in [2.05, 4.69) is 35.2 Å². The molecule has 6 nitrogen and oxygen atoms in total. The smallest absolute Gasteiger partial charge is 0.236 e. The van der Waals surface area contributed by atoms with Crippen molar-refractivity contribution < 1.29 is 4.79 Å². The van der Waals surface area contributed by atoms with E-state index in [4.69, 9.17) is 0 Å². The number of amides is 1. The highest BCUT2D eigenvalue weighted by Crippen LogP contribution is 2.23. The summed E-state index contributed by atoms with van der Waals surface area (Å²) in [5.41, 5.74) is 2.25. The van der Waals surface area contributed by atoms with Gasteiger partial charge in [0.1, 0.15) is 0 Å². The van der Waals surface area contributed by atoms with Gasteiger partial charge in [0, 0.05) is 26.6 Å². The fourth-order valence-corrected chi connectivity index (χ4v) is 3.07. The molecule has 1 aromatic rings. The van der Waals surface area contributed by atoms with Crippen LogP contribution >= 0.6 is 0 Å². The Hall–Kier alpha value is -1.40. The topological polar surface area (TPSA) is 53.4 Å². The molecule has 0 unspecified atom stereocenters. The van der Waals surface area contributed by atoms with E-state index in [1.54, 1.807) is 4.90 Å². The largest absolute Gasteiger partial charge is 0.339 e. The van der Waals surface area contributed by atoms with Crippen molar-refractivity contribution in [1.82, 2.24) is 24.9 Å². The van der Waals surface area contributed by atoms with Crippen LogP contribution in [0.3, 0.4) is 0 Å². The molecule has 1 aliphatic rings. The Kier molecular flexibility index (Phi) is 6.59. The molecule has 0 radical (unpaired) electrons. The second kappa shape index (κ2) is 8.45. The van der Waals surface area contributed by atoms with Gasteiger partial charge in [0.15, 0.2) is 0 Å². The highest BCUT2D eigenvalue weighted by Gasteiger charge is 2.20. The zero-order chi connectivity index (χ0) is 16.8. The summed E-state index contributed by atoms with van der Waals surface area (Å²) in [4.78, 5) is 16.3. The first kappa shape index (κ1) is 17.9. The van der Waals surface area contributed by atoms with E-state index in [1.807, 2.05) is 18.8 Å². The van der Waals surface area contributed by atoms with Crippen LogP contribution in [-0.4, -0.2) is 65.3 Å². The summed E-state index contributed by atoms with van der Waals surface area (Å²) in [6.45, 7) is 9.20. The minimum atomic E-state index is 0.163. The molecule has 130 valence electrons. The molecule has 2 rings (SSSR count). The number of hydrogen-bond acceptors (Lipinski definition) is 4. The van der Waals surface area contributed by atoms with Gasteiger partial charge >= 0.3 is 0 Å². The molecule has 0 spiro atoms. The summed E-state index contributed by atoms with van der Waals surface area (Å²) in [5, 5.41) is 8.10. The lowest BCUT2D eigenvalue weighted by molar-refractivity contribution is -0.131. The van der Waals surface area contributed by atoms with Crippen LogP contribution < -0.4 is 5.32 Å². The fraction of sp³-hybridized carbons (Fsp3) is 0.765. The number of likely N-dealkylation sites (N-methyl/N-ethyl adjacent to an activating group) is 2. The number of nitrogens with zero attached hydrogens (tertiary/aromatic N) is 4. The third-order valence-corrected chi connectivity index (χ3v) is 4.79. The van der Waals surface area contributed by atoms with Gasteiger partial charge < -0.3 is 10.2 Å². The number of nitrogens with one attached hydrogen (secondary N) is 1. The van der Waals surface area contributed by atoms with E-state index in [0.717, 1.165) is 37.6 Å². The monoisotopic (exact) mass is 321 g/mol. The maximum absolute atomic E-state index is 12.3. The molecule has 23 heavy (non-hydrogen) atoms. The highest BCUT2D eigenvalue weighted by atomic mass is 16.2. The second-order valence-corrected chi connectivity index (χ2v) is 6.44. The number of rotatable bonds is 7. The fourth-order valence-electron chi connectivity index (χ4n) is 3.07. The average Bonchev–Trinajstić information content (AvgIpc) is 2.94. The molecule has 1 amide bonds. The van der Waals surface area contributed by atoms with Crippen LogP contribution in [0.4, 0.5) is 0 Å². The molecule has 1 fully saturated rings. The molecule has 0 saturated carbocycles. The summed E-state index contributed by atoms with van der Waals surface area (Å²) in [5.74, 6) is 0.663. The molecule has 1 aromatic heterocycles. The van der Waals surface area contributed by atoms with E-state index in [-0.39, 0.29) is 5.91 Å². The molecule has 0 bridgehead atoms. The van der Waals surface area contributed by atoms with Crippen molar-refractivity contribution in [1.29, 1.82) is 0 Å². The number of carbonyl (C=O) groups is 1. The zero-order valence-electron chi connectivity index (χ0n) is 15.0. The minimum absolute atomic E-state index is 0.163. The summed E-state index contributed by atoms with van der Waals surface area (Å²) in [6, 6.07) is 2.17. The Labute approximate surface area is 139 Å². The van der Waals surface area contributed by atoms with Gasteiger partial charge in [-0.15, -0.1) is 0 Å². The number of aromatic nitrogens is 2. The van der Waals surface area contributed by atoms with Gasteiger partial charge in [-0.25, -0.2) is 0 Å². The van der Waals surface area contributed by atoms with Crippen molar-refractivity contribution in [2.75, 3.05) is 39.8 Å². The molecular weight excluding hydrogens is 290 g/mol. The predicted molar refractivity (Wildman–Crippen MR) is 92.3 cm³/mol. The van der Waals surface area contributed by atoms with Crippen LogP contribution in [-0.2, 0) is 18.4 Å². The van der Waals surface area contributed by atoms with Crippen molar-refractivity contribution >= 4 is 5.91 Å². The number of carbonyl (C=O) groups excluding carboxylic acids is 1. The average molecular weight is 321 g/mol. The van der Waals surface area contributed by atoms with Crippen molar-refractivity contribution in [3.63, 3.8) is 0 Å². The molecular formula is C17H31N5O. The van der Waals surface area contributed by atoms with Gasteiger partial charge in [0.25, 0.3) is 0 Å². The Balaban J connectivity index is 1.96. The minimum Gasteiger partial charge on any atom is -0.339 e. The molecule has 0 aromatic carbocycles. The summed E-state index contributed by atoms with van der Waals surface area (Å²) < 4.78 is 1.92. The van der Waals surface area contributed by atoms with Crippen molar-refractivity contribution in [2.45, 2.75) is 39.2 Å². The number of hydrogen-bond donors (Lipinski definition) is 1. The summed E-state index contributed by atoms with van der Waals surface area (Å²) in [7, 11) is 3.85. The predicted octanol–water partition coefficient (Wildman–Crippen LogP) is 1.19. The van der Waals surface area contributed by atoms with E-state index in [9.17, 15) is 4.79 Å². The standard InChI is InChI=1S/C17H31N5O/c1-5-22(6-2)13-17(23)20(3)12-15-10-16(19-21(15)4)14-8-7-9-18-11-14/h10,14,18H,5-9,11-13H2,1-4H3/t14-/m1/s1. The van der Waals surface area contributed by atoms with Crippen LogP contribution in [0.25, 0.3) is 0 Å². The molecule has 1 N–H and O–H groups in total. The first-order valence-electron chi connectivity index (χ1n) is 8.75. The highest BCUT2D eigenvalue weighted by molar-refractivity contribution is 5.77. The lowest BCUT2D eigenvalue weighted by Gasteiger charge is -2.22. The van der Waals surface area contributed by atoms with Gasteiger partial charge in [-0.2, -0.15) is 5.10 Å². The van der Waals surface area contributed by atoms with Crippen molar-refractivity contribution in [2.24, 2.45) is 7.05 Å². The Morgan fingerprint density at radius 2 is 2.17 bits per heavy atom. The lowest BCUT2D eigenvalue weighted by atomic mass is 9.96. The maximum atomic E-state index is 12.3. The van der Waals surface area contributed by atoms with Gasteiger partial charge in [-0.3, -0.25) is 14.4 Å². The maximum Gasteiger partial charge on any atom is 0.236 e. The Morgan fingerprint density at radius 3 is 2.78 bits per heavy atom. The number of piperidine rings is 1. The van der Waals surface area contributed by atoms with Crippen molar-refractivity contribution in [3.05, 3.63) is 17.5 Å².